The molecule has 3 rings (SSSR count). The molecule has 0 bridgehead atoms. The third-order valence-corrected chi connectivity index (χ3v) is 4.86. The third-order valence-electron chi connectivity index (χ3n) is 4.58. The van der Waals surface area contributed by atoms with E-state index in [-0.39, 0.29) is 12.4 Å². The average molecular weight is 414 g/mol. The molecule has 0 amide bonds. The normalized spacial score (nSPS) is 10.6. The summed E-state index contributed by atoms with van der Waals surface area (Å²) in [6.07, 6.45) is 0.955. The first kappa shape index (κ1) is 21.0. The van der Waals surface area contributed by atoms with Crippen molar-refractivity contribution in [2.45, 2.75) is 33.4 Å². The van der Waals surface area contributed by atoms with Gasteiger partial charge in [-0.15, -0.1) is 0 Å². The van der Waals surface area contributed by atoms with Gasteiger partial charge in [0.05, 0.1) is 11.6 Å². The van der Waals surface area contributed by atoms with E-state index in [4.69, 9.17) is 21.1 Å². The highest BCUT2D eigenvalue weighted by Gasteiger charge is 2.14. The highest BCUT2D eigenvalue weighted by Crippen LogP contribution is 2.37. The highest BCUT2D eigenvalue weighted by atomic mass is 35.5. The minimum Gasteiger partial charge on any atom is -0.490 e. The molecule has 0 saturated heterocycles. The van der Waals surface area contributed by atoms with Gasteiger partial charge in [-0.2, -0.15) is 0 Å². The fraction of sp³-hybridized carbons (Fsp3) is 0.250. The molecule has 0 spiro atoms. The Kier molecular flexibility index (Phi) is 7.36. The van der Waals surface area contributed by atoms with E-state index in [1.165, 1.54) is 11.6 Å². The maximum Gasteiger partial charge on any atom is 0.180 e. The van der Waals surface area contributed by atoms with Gasteiger partial charge in [-0.1, -0.05) is 54.9 Å². The molecule has 0 saturated carbocycles. The van der Waals surface area contributed by atoms with Gasteiger partial charge in [-0.3, -0.25) is 0 Å². The highest BCUT2D eigenvalue weighted by molar-refractivity contribution is 6.32. The van der Waals surface area contributed by atoms with Crippen molar-refractivity contribution in [1.82, 2.24) is 0 Å². The molecule has 0 fully saturated rings. The minimum atomic E-state index is -0.308. The second-order valence-corrected chi connectivity index (χ2v) is 6.99. The van der Waals surface area contributed by atoms with Crippen LogP contribution < -0.4 is 14.8 Å². The van der Waals surface area contributed by atoms with Gasteiger partial charge < -0.3 is 14.8 Å². The zero-order valence-electron chi connectivity index (χ0n) is 16.7. The lowest BCUT2D eigenvalue weighted by Gasteiger charge is -2.17. The maximum atomic E-state index is 13.9. The summed E-state index contributed by atoms with van der Waals surface area (Å²) in [6.45, 7) is 5.18. The van der Waals surface area contributed by atoms with E-state index in [1.807, 2.05) is 31.2 Å². The standard InChI is InChI=1S/C24H25ClFNO2/c1-3-18-9-6-8-12-22(18)27-15-17-13-20(25)24(23(14-17)28-4-2)29-16-19-10-5-7-11-21(19)26/h5-14,27H,3-4,15-16H2,1-2H3. The Morgan fingerprint density at radius 2 is 1.66 bits per heavy atom. The second kappa shape index (κ2) is 10.2. The molecule has 1 N–H and O–H groups in total. The minimum absolute atomic E-state index is 0.0773. The van der Waals surface area contributed by atoms with Crippen molar-refractivity contribution < 1.29 is 13.9 Å². The molecule has 29 heavy (non-hydrogen) atoms. The van der Waals surface area contributed by atoms with E-state index >= 15 is 0 Å². The molecule has 152 valence electrons. The fourth-order valence-corrected chi connectivity index (χ4v) is 3.38. The number of hydrogen-bond acceptors (Lipinski definition) is 3. The summed E-state index contributed by atoms with van der Waals surface area (Å²) >= 11 is 6.49. The third kappa shape index (κ3) is 5.42. The zero-order valence-corrected chi connectivity index (χ0v) is 17.4. The van der Waals surface area contributed by atoms with Gasteiger partial charge in [0.25, 0.3) is 0 Å². The molecule has 0 atom stereocenters. The first-order valence-corrected chi connectivity index (χ1v) is 10.1. The Bertz CT molecular complexity index is 961. The Labute approximate surface area is 176 Å². The van der Waals surface area contributed by atoms with Crippen LogP contribution in [0.15, 0.2) is 60.7 Å². The summed E-state index contributed by atoms with van der Waals surface area (Å²) in [5.74, 6) is 0.670. The van der Waals surface area contributed by atoms with Crippen molar-refractivity contribution in [2.75, 3.05) is 11.9 Å². The zero-order chi connectivity index (χ0) is 20.6. The number of rotatable bonds is 9. The molecule has 0 aromatic heterocycles. The molecule has 0 aliphatic carbocycles. The Hall–Kier alpha value is -2.72. The van der Waals surface area contributed by atoms with E-state index in [9.17, 15) is 4.39 Å². The summed E-state index contributed by atoms with van der Waals surface area (Å²) in [5, 5.41) is 3.90. The quantitative estimate of drug-likeness (QED) is 0.427. The number of anilines is 1. The van der Waals surface area contributed by atoms with Crippen LogP contribution in [0.3, 0.4) is 0 Å². The van der Waals surface area contributed by atoms with Gasteiger partial charge in [0.15, 0.2) is 11.5 Å². The Morgan fingerprint density at radius 1 is 0.931 bits per heavy atom. The van der Waals surface area contributed by atoms with Gasteiger partial charge in [0.2, 0.25) is 0 Å². The Balaban J connectivity index is 1.77. The molecule has 3 aromatic carbocycles. The van der Waals surface area contributed by atoms with Crippen LogP contribution in [0, 0.1) is 5.82 Å². The van der Waals surface area contributed by atoms with E-state index in [1.54, 1.807) is 18.2 Å². The smallest absolute Gasteiger partial charge is 0.180 e. The van der Waals surface area contributed by atoms with Gasteiger partial charge in [0.1, 0.15) is 12.4 Å². The van der Waals surface area contributed by atoms with Crippen molar-refractivity contribution in [3.05, 3.63) is 88.2 Å². The molecule has 0 aliphatic rings. The fourth-order valence-electron chi connectivity index (χ4n) is 3.09. The first-order valence-electron chi connectivity index (χ1n) is 9.75. The monoisotopic (exact) mass is 413 g/mol. The van der Waals surface area contributed by atoms with Crippen molar-refractivity contribution in [1.29, 1.82) is 0 Å². The van der Waals surface area contributed by atoms with E-state index in [2.05, 4.69) is 24.4 Å². The SMILES string of the molecule is CCOc1cc(CNc2ccccc2CC)cc(Cl)c1OCc1ccccc1F. The van der Waals surface area contributed by atoms with Gasteiger partial charge in [0, 0.05) is 17.8 Å². The number of aryl methyl sites for hydroxylation is 1. The van der Waals surface area contributed by atoms with Crippen LogP contribution in [0.25, 0.3) is 0 Å². The van der Waals surface area contributed by atoms with Gasteiger partial charge in [-0.05, 0) is 48.7 Å². The number of ether oxygens (including phenoxy) is 2. The number of benzene rings is 3. The summed E-state index contributed by atoms with van der Waals surface area (Å²) in [6, 6.07) is 18.5. The van der Waals surface area contributed by atoms with Crippen LogP contribution in [-0.2, 0) is 19.6 Å². The second-order valence-electron chi connectivity index (χ2n) is 6.58. The van der Waals surface area contributed by atoms with Crippen LogP contribution >= 0.6 is 11.6 Å². The van der Waals surface area contributed by atoms with Crippen LogP contribution in [0.1, 0.15) is 30.5 Å². The van der Waals surface area contributed by atoms with Crippen LogP contribution in [0.2, 0.25) is 5.02 Å². The number of nitrogens with one attached hydrogen (secondary N) is 1. The summed E-state index contributed by atoms with van der Waals surface area (Å²) in [5.41, 5.74) is 3.80. The molecular weight excluding hydrogens is 389 g/mol. The van der Waals surface area contributed by atoms with E-state index in [0.717, 1.165) is 17.7 Å². The number of para-hydroxylation sites is 1. The van der Waals surface area contributed by atoms with Gasteiger partial charge >= 0.3 is 0 Å². The first-order chi connectivity index (χ1) is 14.1. The predicted octanol–water partition coefficient (Wildman–Crippen LogP) is 6.63. The summed E-state index contributed by atoms with van der Waals surface area (Å²) < 4.78 is 25.4. The van der Waals surface area contributed by atoms with Crippen molar-refractivity contribution >= 4 is 17.3 Å². The molecule has 0 aliphatic heterocycles. The number of hydrogen-bond donors (Lipinski definition) is 1. The lowest BCUT2D eigenvalue weighted by Crippen LogP contribution is -2.05. The van der Waals surface area contributed by atoms with Gasteiger partial charge in [-0.25, -0.2) is 4.39 Å². The van der Waals surface area contributed by atoms with Crippen molar-refractivity contribution in [2.24, 2.45) is 0 Å². The molecule has 0 unspecified atom stereocenters. The van der Waals surface area contributed by atoms with Crippen LogP contribution in [-0.4, -0.2) is 6.61 Å². The summed E-state index contributed by atoms with van der Waals surface area (Å²) in [4.78, 5) is 0. The number of halogens is 2. The molecule has 5 heteroatoms. The predicted molar refractivity (Wildman–Crippen MR) is 116 cm³/mol. The van der Waals surface area contributed by atoms with Crippen LogP contribution in [0.4, 0.5) is 10.1 Å². The molecule has 0 heterocycles. The van der Waals surface area contributed by atoms with Crippen molar-refractivity contribution in [3.63, 3.8) is 0 Å². The average Bonchev–Trinajstić information content (AvgIpc) is 2.73. The topological polar surface area (TPSA) is 30.5 Å². The molecule has 3 aromatic rings. The molecule has 3 nitrogen and oxygen atoms in total. The van der Waals surface area contributed by atoms with E-state index in [0.29, 0.717) is 35.2 Å². The summed E-state index contributed by atoms with van der Waals surface area (Å²) in [7, 11) is 0. The lowest BCUT2D eigenvalue weighted by molar-refractivity contribution is 0.266. The largest absolute Gasteiger partial charge is 0.490 e. The van der Waals surface area contributed by atoms with Crippen LogP contribution in [0.5, 0.6) is 11.5 Å². The molecular formula is C24H25ClFNO2. The van der Waals surface area contributed by atoms with Crippen molar-refractivity contribution in [3.8, 4) is 11.5 Å². The molecule has 0 radical (unpaired) electrons. The van der Waals surface area contributed by atoms with E-state index < -0.39 is 0 Å². The maximum absolute atomic E-state index is 13.9. The lowest BCUT2D eigenvalue weighted by atomic mass is 10.1. The Morgan fingerprint density at radius 3 is 2.38 bits per heavy atom.